The minimum atomic E-state index is -5.79. The molecule has 0 atom stereocenters. The lowest BCUT2D eigenvalue weighted by Gasteiger charge is -2.32. The third kappa shape index (κ3) is 3.58. The Morgan fingerprint density at radius 3 is 1.42 bits per heavy atom. The number of carbonyl (C=O) groups is 2. The van der Waals surface area contributed by atoms with Gasteiger partial charge in [0, 0.05) is 0 Å². The summed E-state index contributed by atoms with van der Waals surface area (Å²) in [6, 6.07) is 0. The Hall–Kier alpha value is -0.863. The number of hydrogen-bond acceptors (Lipinski definition) is 2. The third-order valence-corrected chi connectivity index (χ3v) is 4.70. The second-order valence-electron chi connectivity index (χ2n) is 5.39. The van der Waals surface area contributed by atoms with Crippen LogP contribution >= 0.6 is 0 Å². The smallest absolute Gasteiger partial charge is 0.305 e. The van der Waals surface area contributed by atoms with E-state index in [1.165, 1.54) is 19.6 Å². The average molecular weight is 308 g/mol. The van der Waals surface area contributed by atoms with Crippen molar-refractivity contribution in [2.75, 3.05) is 0 Å². The van der Waals surface area contributed by atoms with Crippen LogP contribution < -0.4 is 0 Å². The van der Waals surface area contributed by atoms with Crippen molar-refractivity contribution < 1.29 is 35.9 Å². The summed E-state index contributed by atoms with van der Waals surface area (Å²) in [4.78, 5) is 22.9. The first-order valence-electron chi connectivity index (χ1n) is 5.25. The van der Waals surface area contributed by atoms with Crippen LogP contribution in [-0.2, 0) is 9.59 Å². The van der Waals surface area contributed by atoms with Crippen LogP contribution in [0.2, 0.25) is 19.6 Å². The lowest BCUT2D eigenvalue weighted by molar-refractivity contribution is -0.318. The second kappa shape index (κ2) is 4.91. The van der Waals surface area contributed by atoms with Crippen LogP contribution in [0.3, 0.4) is 0 Å². The molecular weight excluding hydrogens is 294 g/mol. The van der Waals surface area contributed by atoms with Crippen LogP contribution in [0.5, 0.6) is 0 Å². The fraction of sp³-hybridized carbons (Fsp3) is 0.800. The van der Waals surface area contributed by atoms with Crippen molar-refractivity contribution in [3.05, 3.63) is 0 Å². The van der Waals surface area contributed by atoms with Gasteiger partial charge in [0.05, 0.1) is 6.42 Å². The lowest BCUT2D eigenvalue weighted by Crippen LogP contribution is -2.54. The van der Waals surface area contributed by atoms with E-state index in [0.717, 1.165) is 0 Å². The maximum atomic E-state index is 12.6. The monoisotopic (exact) mass is 308 g/mol. The predicted octanol–water partition coefficient (Wildman–Crippen LogP) is 3.52. The van der Waals surface area contributed by atoms with Crippen LogP contribution in [0.1, 0.15) is 13.3 Å². The molecule has 0 fully saturated rings. The number of halogens is 6. The Morgan fingerprint density at radius 2 is 1.21 bits per heavy atom. The summed E-state index contributed by atoms with van der Waals surface area (Å²) in [6.07, 6.45) is -12.9. The van der Waals surface area contributed by atoms with Crippen molar-refractivity contribution >= 4 is 19.3 Å². The van der Waals surface area contributed by atoms with E-state index < -0.39 is 43.5 Å². The van der Waals surface area contributed by atoms with Crippen molar-refractivity contribution in [1.82, 2.24) is 0 Å². The maximum absolute atomic E-state index is 12.6. The van der Waals surface area contributed by atoms with Gasteiger partial charge in [0.15, 0.2) is 5.78 Å². The zero-order valence-corrected chi connectivity index (χ0v) is 11.8. The summed E-state index contributed by atoms with van der Waals surface area (Å²) >= 11 is 0. The Bertz CT molecular complexity index is 363. The van der Waals surface area contributed by atoms with Crippen molar-refractivity contribution in [3.63, 3.8) is 0 Å². The van der Waals surface area contributed by atoms with E-state index in [1.54, 1.807) is 0 Å². The molecule has 0 aromatic rings. The molecular formula is C10H14F6O2Si. The van der Waals surface area contributed by atoms with E-state index in [0.29, 0.717) is 0 Å². The van der Waals surface area contributed by atoms with Crippen LogP contribution in [0.15, 0.2) is 0 Å². The third-order valence-electron chi connectivity index (χ3n) is 2.85. The van der Waals surface area contributed by atoms with Crippen LogP contribution in [0, 0.1) is 5.41 Å². The minimum Gasteiger partial charge on any atom is -0.305 e. The van der Waals surface area contributed by atoms with E-state index in [9.17, 15) is 35.9 Å². The molecule has 0 amide bonds. The summed E-state index contributed by atoms with van der Waals surface area (Å²) < 4.78 is 75.3. The van der Waals surface area contributed by atoms with Crippen molar-refractivity contribution in [2.24, 2.45) is 5.41 Å². The van der Waals surface area contributed by atoms with E-state index >= 15 is 0 Å². The number of hydrogen-bond donors (Lipinski definition) is 0. The van der Waals surface area contributed by atoms with Gasteiger partial charge in [0.2, 0.25) is 5.41 Å². The van der Waals surface area contributed by atoms with Gasteiger partial charge >= 0.3 is 12.4 Å². The Kier molecular flexibility index (Phi) is 4.69. The highest BCUT2D eigenvalue weighted by atomic mass is 28.3. The predicted molar refractivity (Wildman–Crippen MR) is 58.2 cm³/mol. The van der Waals surface area contributed by atoms with Crippen molar-refractivity contribution in [1.29, 1.82) is 0 Å². The van der Waals surface area contributed by atoms with E-state index in [4.69, 9.17) is 0 Å². The molecule has 9 heteroatoms. The maximum Gasteiger partial charge on any atom is 0.409 e. The molecule has 19 heavy (non-hydrogen) atoms. The van der Waals surface area contributed by atoms with Gasteiger partial charge in [-0.15, -0.1) is 0 Å². The van der Waals surface area contributed by atoms with Gasteiger partial charge in [-0.1, -0.05) is 19.6 Å². The quantitative estimate of drug-likeness (QED) is 0.452. The molecule has 0 aromatic carbocycles. The van der Waals surface area contributed by atoms with E-state index in [-0.39, 0.29) is 6.92 Å². The Balaban J connectivity index is 5.48. The number of alkyl halides is 6. The number of Topliss-reactive ketones (excluding diaryl/α,β-unsaturated/α-hetero) is 1. The summed E-state index contributed by atoms with van der Waals surface area (Å²) in [5.74, 6) is -2.15. The Morgan fingerprint density at radius 1 is 0.895 bits per heavy atom. The zero-order valence-electron chi connectivity index (χ0n) is 10.8. The normalized spacial score (nSPS) is 14.4. The van der Waals surface area contributed by atoms with Gasteiger partial charge in [-0.2, -0.15) is 26.3 Å². The molecule has 0 aliphatic carbocycles. The largest absolute Gasteiger partial charge is 0.409 e. The van der Waals surface area contributed by atoms with Crippen molar-refractivity contribution in [3.8, 4) is 0 Å². The molecule has 0 saturated heterocycles. The summed E-state index contributed by atoms with van der Waals surface area (Å²) in [6.45, 7) is 4.11. The fourth-order valence-corrected chi connectivity index (χ4v) is 1.76. The molecule has 0 radical (unpaired) electrons. The van der Waals surface area contributed by atoms with Crippen LogP contribution in [0.25, 0.3) is 0 Å². The highest BCUT2D eigenvalue weighted by molar-refractivity contribution is 7.03. The molecule has 0 aromatic heterocycles. The van der Waals surface area contributed by atoms with E-state index in [1.807, 2.05) is 0 Å². The molecule has 0 N–H and O–H groups in total. The van der Waals surface area contributed by atoms with Gasteiger partial charge in [-0.05, 0) is 6.92 Å². The molecule has 0 spiro atoms. The number of rotatable bonds is 4. The standard InChI is InChI=1S/C10H14F6O2Si/c1-8(9(11,12)13,10(14,15)16)6(17)5-7(18)19(2,3)4/h5H2,1-4H3. The summed E-state index contributed by atoms with van der Waals surface area (Å²) in [5.41, 5.74) is -4.50. The highest BCUT2D eigenvalue weighted by Crippen LogP contribution is 2.51. The number of carbonyl (C=O) groups excluding carboxylic acids is 2. The minimum absolute atomic E-state index is 0.229. The average Bonchev–Trinajstić information content (AvgIpc) is 2.10. The van der Waals surface area contributed by atoms with Gasteiger partial charge in [0.25, 0.3) is 0 Å². The molecule has 2 nitrogen and oxygen atoms in total. The van der Waals surface area contributed by atoms with Crippen LogP contribution in [-0.4, -0.2) is 31.6 Å². The van der Waals surface area contributed by atoms with Gasteiger partial charge < -0.3 is 4.79 Å². The summed E-state index contributed by atoms with van der Waals surface area (Å²) in [5, 5.41) is -0.836. The number of ketones is 1. The SMILES string of the molecule is CC(C(=O)CC(=O)[Si](C)(C)C)(C(F)(F)F)C(F)(F)F. The Labute approximate surface area is 107 Å². The van der Waals surface area contributed by atoms with Crippen LogP contribution in [0.4, 0.5) is 26.3 Å². The highest BCUT2D eigenvalue weighted by Gasteiger charge is 2.71. The molecule has 0 aliphatic rings. The molecule has 0 aliphatic heterocycles. The van der Waals surface area contributed by atoms with Gasteiger partial charge in [-0.3, -0.25) is 4.79 Å². The van der Waals surface area contributed by atoms with E-state index in [2.05, 4.69) is 0 Å². The van der Waals surface area contributed by atoms with Gasteiger partial charge in [0.1, 0.15) is 13.5 Å². The topological polar surface area (TPSA) is 34.1 Å². The lowest BCUT2D eigenvalue weighted by atomic mass is 9.82. The second-order valence-corrected chi connectivity index (χ2v) is 10.5. The molecule has 0 bridgehead atoms. The molecule has 0 unspecified atom stereocenters. The molecule has 112 valence electrons. The first-order chi connectivity index (χ1) is 8.05. The summed E-state index contributed by atoms with van der Waals surface area (Å²) in [7, 11) is -2.61. The zero-order chi connectivity index (χ0) is 15.9. The molecule has 0 rings (SSSR count). The molecule has 0 heterocycles. The molecule has 0 saturated carbocycles. The fourth-order valence-electron chi connectivity index (χ4n) is 1.06. The first-order valence-corrected chi connectivity index (χ1v) is 8.75. The van der Waals surface area contributed by atoms with Gasteiger partial charge in [-0.25, -0.2) is 0 Å². The van der Waals surface area contributed by atoms with Crippen molar-refractivity contribution in [2.45, 2.75) is 45.3 Å². The first kappa shape index (κ1) is 18.1.